The Hall–Kier alpha value is -1.49. The van der Waals surface area contributed by atoms with E-state index in [0.29, 0.717) is 5.69 Å². The summed E-state index contributed by atoms with van der Waals surface area (Å²) in [5.74, 6) is -3.92. The van der Waals surface area contributed by atoms with Crippen LogP contribution in [0.15, 0.2) is 22.9 Å². The fraction of sp³-hybridized carbons (Fsp3) is 0.100. The highest BCUT2D eigenvalue weighted by Gasteiger charge is 2.16. The van der Waals surface area contributed by atoms with Gasteiger partial charge in [0.15, 0.2) is 29.6 Å². The minimum atomic E-state index is -1.52. The second-order valence-corrected chi connectivity index (χ2v) is 3.28. The van der Waals surface area contributed by atoms with Crippen molar-refractivity contribution >= 4 is 11.6 Å². The first kappa shape index (κ1) is 11.0. The highest BCUT2D eigenvalue weighted by molar-refractivity contribution is 6.17. The molecule has 0 aliphatic carbocycles. The number of hydrogen-bond acceptors (Lipinski definition) is 2. The van der Waals surface area contributed by atoms with Crippen LogP contribution in [0.1, 0.15) is 5.69 Å². The summed E-state index contributed by atoms with van der Waals surface area (Å²) in [7, 11) is 0. The molecule has 0 atom stereocenters. The van der Waals surface area contributed by atoms with Gasteiger partial charge >= 0.3 is 0 Å². The second kappa shape index (κ2) is 4.17. The van der Waals surface area contributed by atoms with Crippen molar-refractivity contribution < 1.29 is 17.6 Å². The molecule has 2 nitrogen and oxygen atoms in total. The van der Waals surface area contributed by atoms with E-state index in [9.17, 15) is 13.2 Å². The molecule has 6 heteroatoms. The van der Waals surface area contributed by atoms with Crippen LogP contribution in [0, 0.1) is 17.5 Å². The zero-order chi connectivity index (χ0) is 11.7. The highest BCUT2D eigenvalue weighted by atomic mass is 35.5. The van der Waals surface area contributed by atoms with Crippen molar-refractivity contribution in [3.63, 3.8) is 0 Å². The summed E-state index contributed by atoms with van der Waals surface area (Å²) in [5.41, 5.74) is 0.400. The van der Waals surface area contributed by atoms with Gasteiger partial charge in [0.2, 0.25) is 0 Å². The SMILES string of the molecule is Fc1cc(-c2ocnc2CCl)cc(F)c1F. The van der Waals surface area contributed by atoms with Crippen LogP contribution in [0.25, 0.3) is 11.3 Å². The molecule has 16 heavy (non-hydrogen) atoms. The van der Waals surface area contributed by atoms with E-state index in [-0.39, 0.29) is 17.2 Å². The number of oxazole rings is 1. The van der Waals surface area contributed by atoms with Crippen LogP contribution in [-0.2, 0) is 5.88 Å². The third kappa shape index (κ3) is 1.78. The van der Waals surface area contributed by atoms with Gasteiger partial charge in [-0.1, -0.05) is 0 Å². The summed E-state index contributed by atoms with van der Waals surface area (Å²) in [4.78, 5) is 3.76. The molecule has 1 aromatic heterocycles. The molecule has 1 aromatic carbocycles. The Morgan fingerprint density at radius 2 is 1.81 bits per heavy atom. The Morgan fingerprint density at radius 3 is 2.38 bits per heavy atom. The van der Waals surface area contributed by atoms with Crippen LogP contribution in [0.2, 0.25) is 0 Å². The third-order valence-electron chi connectivity index (χ3n) is 2.01. The standard InChI is InChI=1S/C10H5ClF3NO/c11-3-8-10(16-4-15-8)5-1-6(12)9(14)7(13)2-5/h1-2,4H,3H2. The zero-order valence-corrected chi connectivity index (χ0v) is 8.56. The van der Waals surface area contributed by atoms with Gasteiger partial charge in [-0.2, -0.15) is 0 Å². The minimum Gasteiger partial charge on any atom is -0.443 e. The molecule has 0 amide bonds. The molecular formula is C10H5ClF3NO. The van der Waals surface area contributed by atoms with Crippen LogP contribution in [0.3, 0.4) is 0 Å². The number of rotatable bonds is 2. The van der Waals surface area contributed by atoms with Gasteiger partial charge in [0.05, 0.1) is 5.88 Å². The Bertz CT molecular complexity index is 504. The molecular weight excluding hydrogens is 243 g/mol. The maximum absolute atomic E-state index is 13.0. The van der Waals surface area contributed by atoms with Crippen molar-refractivity contribution in [2.45, 2.75) is 5.88 Å². The van der Waals surface area contributed by atoms with E-state index in [2.05, 4.69) is 4.98 Å². The maximum Gasteiger partial charge on any atom is 0.194 e. The van der Waals surface area contributed by atoms with Gasteiger partial charge in [0.25, 0.3) is 0 Å². The molecule has 0 aliphatic heterocycles. The highest BCUT2D eigenvalue weighted by Crippen LogP contribution is 2.27. The largest absolute Gasteiger partial charge is 0.443 e. The van der Waals surface area contributed by atoms with Crippen LogP contribution in [0.5, 0.6) is 0 Å². The van der Waals surface area contributed by atoms with Gasteiger partial charge in [0, 0.05) is 5.56 Å². The van der Waals surface area contributed by atoms with E-state index in [1.807, 2.05) is 0 Å². The Labute approximate surface area is 93.7 Å². The van der Waals surface area contributed by atoms with E-state index in [4.69, 9.17) is 16.0 Å². The number of alkyl halides is 1. The lowest BCUT2D eigenvalue weighted by Gasteiger charge is -2.01. The molecule has 0 aliphatic rings. The molecule has 0 bridgehead atoms. The fourth-order valence-corrected chi connectivity index (χ4v) is 1.48. The van der Waals surface area contributed by atoms with E-state index in [1.165, 1.54) is 0 Å². The van der Waals surface area contributed by atoms with Gasteiger partial charge in [0.1, 0.15) is 5.69 Å². The Balaban J connectivity index is 2.57. The summed E-state index contributed by atoms with van der Waals surface area (Å²) < 4.78 is 43.6. The van der Waals surface area contributed by atoms with Crippen LogP contribution < -0.4 is 0 Å². The first-order valence-corrected chi connectivity index (χ1v) is 4.80. The summed E-state index contributed by atoms with van der Waals surface area (Å²) in [6.07, 6.45) is 1.10. The van der Waals surface area contributed by atoms with Crippen LogP contribution in [-0.4, -0.2) is 4.98 Å². The third-order valence-corrected chi connectivity index (χ3v) is 2.27. The van der Waals surface area contributed by atoms with Gasteiger partial charge in [-0.05, 0) is 12.1 Å². The van der Waals surface area contributed by atoms with E-state index < -0.39 is 17.5 Å². The van der Waals surface area contributed by atoms with Crippen molar-refractivity contribution in [2.75, 3.05) is 0 Å². The van der Waals surface area contributed by atoms with Crippen molar-refractivity contribution in [1.82, 2.24) is 4.98 Å². The molecule has 1 heterocycles. The molecule has 0 saturated carbocycles. The number of nitrogens with zero attached hydrogens (tertiary/aromatic N) is 1. The van der Waals surface area contributed by atoms with Gasteiger partial charge in [-0.3, -0.25) is 0 Å². The minimum absolute atomic E-state index is 0.0342. The smallest absolute Gasteiger partial charge is 0.194 e. The first-order chi connectivity index (χ1) is 7.63. The lowest BCUT2D eigenvalue weighted by atomic mass is 10.1. The molecule has 84 valence electrons. The van der Waals surface area contributed by atoms with Crippen LogP contribution in [0.4, 0.5) is 13.2 Å². The molecule has 0 radical (unpaired) electrons. The quantitative estimate of drug-likeness (QED) is 0.600. The number of hydrogen-bond donors (Lipinski definition) is 0. The van der Waals surface area contributed by atoms with Crippen molar-refractivity contribution in [3.05, 3.63) is 41.7 Å². The topological polar surface area (TPSA) is 26.0 Å². The van der Waals surface area contributed by atoms with Gasteiger partial charge in [-0.25, -0.2) is 18.2 Å². The molecule has 2 rings (SSSR count). The maximum atomic E-state index is 13.0. The van der Waals surface area contributed by atoms with Crippen molar-refractivity contribution in [1.29, 1.82) is 0 Å². The lowest BCUT2D eigenvalue weighted by molar-refractivity contribution is 0.447. The Kier molecular flexibility index (Phi) is 2.87. The fourth-order valence-electron chi connectivity index (χ4n) is 1.29. The van der Waals surface area contributed by atoms with Crippen molar-refractivity contribution in [2.24, 2.45) is 0 Å². The van der Waals surface area contributed by atoms with E-state index in [0.717, 1.165) is 18.5 Å². The normalized spacial score (nSPS) is 10.8. The van der Waals surface area contributed by atoms with Crippen LogP contribution >= 0.6 is 11.6 Å². The summed E-state index contributed by atoms with van der Waals surface area (Å²) in [6.45, 7) is 0. The van der Waals surface area contributed by atoms with Gasteiger partial charge < -0.3 is 4.42 Å². The first-order valence-electron chi connectivity index (χ1n) is 4.26. The van der Waals surface area contributed by atoms with E-state index >= 15 is 0 Å². The molecule has 2 aromatic rings. The van der Waals surface area contributed by atoms with Crippen molar-refractivity contribution in [3.8, 4) is 11.3 Å². The zero-order valence-electron chi connectivity index (χ0n) is 7.81. The predicted octanol–water partition coefficient (Wildman–Crippen LogP) is 3.50. The molecule has 0 spiro atoms. The average molecular weight is 248 g/mol. The average Bonchev–Trinajstić information content (AvgIpc) is 2.73. The van der Waals surface area contributed by atoms with E-state index in [1.54, 1.807) is 0 Å². The molecule has 0 fully saturated rings. The lowest BCUT2D eigenvalue weighted by Crippen LogP contribution is -1.92. The second-order valence-electron chi connectivity index (χ2n) is 3.02. The number of benzene rings is 1. The monoisotopic (exact) mass is 247 g/mol. The number of halogens is 4. The molecule has 0 unspecified atom stereocenters. The summed E-state index contributed by atoms with van der Waals surface area (Å²) in [6, 6.07) is 1.66. The molecule has 0 N–H and O–H groups in total. The molecule has 0 saturated heterocycles. The number of aromatic nitrogens is 1. The summed E-state index contributed by atoms with van der Waals surface area (Å²) in [5, 5.41) is 0. The predicted molar refractivity (Wildman–Crippen MR) is 51.4 cm³/mol. The summed E-state index contributed by atoms with van der Waals surface area (Å²) >= 11 is 5.55. The van der Waals surface area contributed by atoms with Gasteiger partial charge in [-0.15, -0.1) is 11.6 Å². The Morgan fingerprint density at radius 1 is 1.19 bits per heavy atom.